The van der Waals surface area contributed by atoms with Gasteiger partial charge in [-0.2, -0.15) is 5.10 Å². The molecule has 86 valence electrons. The van der Waals surface area contributed by atoms with Crippen LogP contribution in [0, 0.1) is 5.92 Å². The number of carbonyl (C=O) groups excluding carboxylic acids is 1. The summed E-state index contributed by atoms with van der Waals surface area (Å²) in [6.07, 6.45) is 4.26. The van der Waals surface area contributed by atoms with Crippen molar-refractivity contribution in [3.8, 4) is 0 Å². The quantitative estimate of drug-likeness (QED) is 0.751. The third-order valence-corrected chi connectivity index (χ3v) is 3.29. The smallest absolute Gasteiger partial charge is 0.225 e. The molecular weight excluding hydrogens is 206 g/mol. The molecule has 1 amide bonds. The molecular formula is C11H15N3O2. The summed E-state index contributed by atoms with van der Waals surface area (Å²) in [5.41, 5.74) is 0.165. The third kappa shape index (κ3) is 1.71. The van der Waals surface area contributed by atoms with Crippen molar-refractivity contribution in [3.05, 3.63) is 18.0 Å². The van der Waals surface area contributed by atoms with Crippen LogP contribution >= 0.6 is 0 Å². The molecule has 0 unspecified atom stereocenters. The average molecular weight is 221 g/mol. The molecule has 16 heavy (non-hydrogen) atoms. The van der Waals surface area contributed by atoms with Crippen LogP contribution in [-0.2, 0) is 11.2 Å². The van der Waals surface area contributed by atoms with Crippen molar-refractivity contribution in [2.45, 2.75) is 24.9 Å². The molecule has 0 bridgehead atoms. The number of aromatic amines is 1. The van der Waals surface area contributed by atoms with Gasteiger partial charge in [-0.3, -0.25) is 9.89 Å². The van der Waals surface area contributed by atoms with Crippen LogP contribution in [0.2, 0.25) is 0 Å². The Balaban J connectivity index is 1.56. The lowest BCUT2D eigenvalue weighted by Gasteiger charge is -2.46. The van der Waals surface area contributed by atoms with Crippen LogP contribution in [0.4, 0.5) is 0 Å². The first-order valence-corrected chi connectivity index (χ1v) is 5.66. The first-order chi connectivity index (χ1) is 7.66. The monoisotopic (exact) mass is 221 g/mol. The Morgan fingerprint density at radius 3 is 2.94 bits per heavy atom. The van der Waals surface area contributed by atoms with Crippen LogP contribution in [-0.4, -0.2) is 44.8 Å². The van der Waals surface area contributed by atoms with Gasteiger partial charge in [0, 0.05) is 24.2 Å². The predicted molar refractivity (Wildman–Crippen MR) is 56.5 cm³/mol. The Labute approximate surface area is 93.5 Å². The number of carbonyl (C=O) groups is 1. The zero-order chi connectivity index (χ0) is 11.2. The number of β-amino-alcohol motifs (C(OH)–C–C–N with tert-alkyl or cyclic N) is 1. The van der Waals surface area contributed by atoms with Gasteiger partial charge in [0.15, 0.2) is 0 Å². The van der Waals surface area contributed by atoms with Crippen LogP contribution in [0.15, 0.2) is 12.3 Å². The summed E-state index contributed by atoms with van der Waals surface area (Å²) in [7, 11) is 0. The van der Waals surface area contributed by atoms with Crippen molar-refractivity contribution in [2.24, 2.45) is 5.92 Å². The van der Waals surface area contributed by atoms with Gasteiger partial charge in [0.05, 0.1) is 13.1 Å². The summed E-state index contributed by atoms with van der Waals surface area (Å²) in [6, 6.07) is 1.85. The van der Waals surface area contributed by atoms with Crippen LogP contribution in [0.1, 0.15) is 18.5 Å². The van der Waals surface area contributed by atoms with Crippen molar-refractivity contribution in [1.82, 2.24) is 15.1 Å². The zero-order valence-electron chi connectivity index (χ0n) is 9.02. The Morgan fingerprint density at radius 1 is 1.62 bits per heavy atom. The Bertz CT molecular complexity index is 391. The fourth-order valence-electron chi connectivity index (χ4n) is 2.26. The number of rotatable bonds is 3. The second-order valence-corrected chi connectivity index (χ2v) is 4.95. The molecule has 0 radical (unpaired) electrons. The number of nitrogens with one attached hydrogen (secondary N) is 1. The zero-order valence-corrected chi connectivity index (χ0v) is 9.02. The van der Waals surface area contributed by atoms with E-state index in [1.165, 1.54) is 0 Å². The van der Waals surface area contributed by atoms with E-state index >= 15 is 0 Å². The van der Waals surface area contributed by atoms with Gasteiger partial charge in [-0.1, -0.05) is 0 Å². The lowest BCUT2D eigenvalue weighted by molar-refractivity contribution is -0.156. The number of hydrogen-bond donors (Lipinski definition) is 2. The number of aromatic nitrogens is 2. The number of amides is 1. The maximum atomic E-state index is 11.7. The number of likely N-dealkylation sites (tertiary alicyclic amines) is 1. The Hall–Kier alpha value is -1.36. The first kappa shape index (κ1) is 9.84. The second-order valence-electron chi connectivity index (χ2n) is 4.95. The predicted octanol–water partition coefficient (Wildman–Crippen LogP) is -0.0645. The molecule has 0 atom stereocenters. The van der Waals surface area contributed by atoms with Gasteiger partial charge in [-0.05, 0) is 18.9 Å². The highest BCUT2D eigenvalue weighted by atomic mass is 16.3. The fraction of sp³-hybridized carbons (Fsp3) is 0.636. The minimum atomic E-state index is -0.753. The van der Waals surface area contributed by atoms with Crippen LogP contribution in [0.3, 0.4) is 0 Å². The van der Waals surface area contributed by atoms with Gasteiger partial charge < -0.3 is 10.0 Å². The Morgan fingerprint density at radius 2 is 2.38 bits per heavy atom. The molecule has 3 rings (SSSR count). The molecule has 2 fully saturated rings. The standard InChI is InChI=1S/C11H15N3O2/c15-10(8-1-2-8)14-6-11(16,7-14)5-9-3-4-12-13-9/h3-4,8,16H,1-2,5-7H2,(H,12,13). The minimum absolute atomic E-state index is 0.217. The van der Waals surface area contributed by atoms with Gasteiger partial charge in [0.25, 0.3) is 0 Å². The first-order valence-electron chi connectivity index (χ1n) is 5.66. The highest BCUT2D eigenvalue weighted by Gasteiger charge is 2.47. The molecule has 1 aliphatic carbocycles. The number of nitrogens with zero attached hydrogens (tertiary/aromatic N) is 2. The summed E-state index contributed by atoms with van der Waals surface area (Å²) in [6.45, 7) is 0.919. The van der Waals surface area contributed by atoms with Crippen molar-refractivity contribution < 1.29 is 9.90 Å². The molecule has 2 aliphatic rings. The van der Waals surface area contributed by atoms with Crippen LogP contribution in [0.5, 0.6) is 0 Å². The van der Waals surface area contributed by atoms with Crippen molar-refractivity contribution in [1.29, 1.82) is 0 Å². The molecule has 1 saturated heterocycles. The molecule has 2 N–H and O–H groups in total. The van der Waals surface area contributed by atoms with Gasteiger partial charge >= 0.3 is 0 Å². The molecule has 1 aliphatic heterocycles. The summed E-state index contributed by atoms with van der Waals surface area (Å²) >= 11 is 0. The number of hydrogen-bond acceptors (Lipinski definition) is 3. The molecule has 0 aromatic carbocycles. The molecule has 2 heterocycles. The summed E-state index contributed by atoms with van der Waals surface area (Å²) in [5, 5.41) is 16.8. The Kier molecular flexibility index (Phi) is 2.04. The molecule has 0 spiro atoms. The highest BCUT2D eigenvalue weighted by Crippen LogP contribution is 2.35. The van der Waals surface area contributed by atoms with Crippen molar-refractivity contribution >= 4 is 5.91 Å². The van der Waals surface area contributed by atoms with E-state index in [-0.39, 0.29) is 11.8 Å². The topological polar surface area (TPSA) is 69.2 Å². The van der Waals surface area contributed by atoms with E-state index in [0.717, 1.165) is 18.5 Å². The van der Waals surface area contributed by atoms with Crippen LogP contribution < -0.4 is 0 Å². The van der Waals surface area contributed by atoms with E-state index < -0.39 is 5.60 Å². The lowest BCUT2D eigenvalue weighted by atomic mass is 9.88. The summed E-state index contributed by atoms with van der Waals surface area (Å²) < 4.78 is 0. The summed E-state index contributed by atoms with van der Waals surface area (Å²) in [5.74, 6) is 0.464. The second kappa shape index (κ2) is 3.31. The van der Waals surface area contributed by atoms with E-state index in [1.807, 2.05) is 6.07 Å². The maximum Gasteiger partial charge on any atom is 0.225 e. The highest BCUT2D eigenvalue weighted by molar-refractivity contribution is 5.82. The maximum absolute atomic E-state index is 11.7. The largest absolute Gasteiger partial charge is 0.386 e. The van der Waals surface area contributed by atoms with Crippen LogP contribution in [0.25, 0.3) is 0 Å². The van der Waals surface area contributed by atoms with E-state index in [9.17, 15) is 9.90 Å². The van der Waals surface area contributed by atoms with E-state index in [2.05, 4.69) is 10.2 Å². The normalized spacial score (nSPS) is 22.9. The average Bonchev–Trinajstić information content (AvgIpc) is 2.94. The summed E-state index contributed by atoms with van der Waals surface area (Å²) in [4.78, 5) is 13.4. The van der Waals surface area contributed by atoms with E-state index in [0.29, 0.717) is 19.5 Å². The SMILES string of the molecule is O=C(C1CC1)N1CC(O)(Cc2ccn[nH]2)C1. The molecule has 1 saturated carbocycles. The molecule has 1 aromatic heterocycles. The van der Waals surface area contributed by atoms with Gasteiger partial charge in [0.1, 0.15) is 5.60 Å². The molecule has 5 nitrogen and oxygen atoms in total. The molecule has 5 heteroatoms. The fourth-order valence-corrected chi connectivity index (χ4v) is 2.26. The van der Waals surface area contributed by atoms with Gasteiger partial charge in [-0.15, -0.1) is 0 Å². The lowest BCUT2D eigenvalue weighted by Crippen LogP contribution is -2.64. The van der Waals surface area contributed by atoms with E-state index in [1.54, 1.807) is 11.1 Å². The third-order valence-electron chi connectivity index (χ3n) is 3.29. The molecule has 1 aromatic rings. The number of aliphatic hydroxyl groups is 1. The number of H-pyrrole nitrogens is 1. The van der Waals surface area contributed by atoms with Gasteiger partial charge in [0.2, 0.25) is 5.91 Å². The minimum Gasteiger partial charge on any atom is -0.386 e. The van der Waals surface area contributed by atoms with Crippen molar-refractivity contribution in [3.63, 3.8) is 0 Å². The van der Waals surface area contributed by atoms with Crippen molar-refractivity contribution in [2.75, 3.05) is 13.1 Å². The van der Waals surface area contributed by atoms with Gasteiger partial charge in [-0.25, -0.2) is 0 Å². The van der Waals surface area contributed by atoms with E-state index in [4.69, 9.17) is 0 Å².